The highest BCUT2D eigenvalue weighted by atomic mass is 32.1. The van der Waals surface area contributed by atoms with E-state index in [4.69, 9.17) is 5.73 Å². The molecule has 0 fully saturated rings. The van der Waals surface area contributed by atoms with E-state index in [1.807, 2.05) is 12.3 Å². The molecule has 0 aliphatic heterocycles. The van der Waals surface area contributed by atoms with Crippen LogP contribution in [0.1, 0.15) is 23.0 Å². The van der Waals surface area contributed by atoms with E-state index in [0.717, 1.165) is 10.7 Å². The summed E-state index contributed by atoms with van der Waals surface area (Å²) in [5.74, 6) is -0.265. The number of nitrogens with two attached hydrogens (primary N) is 1. The molecule has 0 amide bonds. The molecule has 2 N–H and O–H groups in total. The lowest BCUT2D eigenvalue weighted by Gasteiger charge is -2.09. The van der Waals surface area contributed by atoms with E-state index in [9.17, 15) is 4.79 Å². The summed E-state index contributed by atoms with van der Waals surface area (Å²) >= 11 is 1.56. The Morgan fingerprint density at radius 3 is 2.93 bits per heavy atom. The van der Waals surface area contributed by atoms with Crippen LogP contribution in [0.2, 0.25) is 0 Å². The minimum atomic E-state index is -0.244. The molecule has 0 spiro atoms. The molecule has 0 bridgehead atoms. The predicted octanol–water partition coefficient (Wildman–Crippen LogP) is 1.06. The standard InChI is InChI=1S/C9H14N2O2S/c1-6-11-8(5-14-6)7(4-10)3-9(12)13-2/h5,7H,3-4,10H2,1-2H3. The Bertz CT molecular complexity index is 312. The zero-order valence-corrected chi connectivity index (χ0v) is 9.13. The number of esters is 1. The van der Waals surface area contributed by atoms with Crippen LogP contribution < -0.4 is 5.73 Å². The lowest BCUT2D eigenvalue weighted by Crippen LogP contribution is -2.17. The molecule has 0 radical (unpaired) electrons. The Morgan fingerprint density at radius 2 is 2.50 bits per heavy atom. The number of hydrogen-bond donors (Lipinski definition) is 1. The zero-order valence-electron chi connectivity index (χ0n) is 8.32. The van der Waals surface area contributed by atoms with Crippen molar-refractivity contribution in [2.24, 2.45) is 5.73 Å². The maximum atomic E-state index is 11.1. The normalized spacial score (nSPS) is 12.5. The topological polar surface area (TPSA) is 65.2 Å². The molecule has 0 aromatic carbocycles. The third kappa shape index (κ3) is 2.78. The molecule has 14 heavy (non-hydrogen) atoms. The van der Waals surface area contributed by atoms with Gasteiger partial charge in [-0.1, -0.05) is 0 Å². The Kier molecular flexibility index (Phi) is 4.03. The van der Waals surface area contributed by atoms with Gasteiger partial charge in [-0.05, 0) is 6.92 Å². The summed E-state index contributed by atoms with van der Waals surface area (Å²) in [6.45, 7) is 2.35. The second-order valence-electron chi connectivity index (χ2n) is 3.00. The van der Waals surface area contributed by atoms with Crippen LogP contribution >= 0.6 is 11.3 Å². The van der Waals surface area contributed by atoms with Gasteiger partial charge in [-0.3, -0.25) is 4.79 Å². The van der Waals surface area contributed by atoms with E-state index < -0.39 is 0 Å². The van der Waals surface area contributed by atoms with Gasteiger partial charge in [-0.25, -0.2) is 4.98 Å². The molecule has 1 aromatic rings. The number of carbonyl (C=O) groups is 1. The second-order valence-corrected chi connectivity index (χ2v) is 4.07. The van der Waals surface area contributed by atoms with Crippen LogP contribution in [0.15, 0.2) is 5.38 Å². The molecule has 1 heterocycles. The fourth-order valence-electron chi connectivity index (χ4n) is 1.16. The highest BCUT2D eigenvalue weighted by Gasteiger charge is 2.17. The van der Waals surface area contributed by atoms with Crippen LogP contribution in [0, 0.1) is 6.92 Å². The van der Waals surface area contributed by atoms with Crippen molar-refractivity contribution in [3.05, 3.63) is 16.1 Å². The van der Waals surface area contributed by atoms with Gasteiger partial charge in [0, 0.05) is 17.8 Å². The number of methoxy groups -OCH3 is 1. The van der Waals surface area contributed by atoms with Gasteiger partial charge < -0.3 is 10.5 Å². The van der Waals surface area contributed by atoms with Crippen molar-refractivity contribution >= 4 is 17.3 Å². The quantitative estimate of drug-likeness (QED) is 0.761. The first-order chi connectivity index (χ1) is 6.67. The summed E-state index contributed by atoms with van der Waals surface area (Å²) in [6.07, 6.45) is 0.302. The molecule has 5 heteroatoms. The van der Waals surface area contributed by atoms with Crippen LogP contribution in [-0.2, 0) is 9.53 Å². The molecule has 0 aliphatic carbocycles. The molecule has 0 saturated heterocycles. The van der Waals surface area contributed by atoms with E-state index in [-0.39, 0.29) is 11.9 Å². The Balaban J connectivity index is 2.67. The highest BCUT2D eigenvalue weighted by Crippen LogP contribution is 2.20. The largest absolute Gasteiger partial charge is 0.469 e. The number of thiazole rings is 1. The summed E-state index contributed by atoms with van der Waals surface area (Å²) in [5, 5.41) is 2.93. The monoisotopic (exact) mass is 214 g/mol. The van der Waals surface area contributed by atoms with Gasteiger partial charge >= 0.3 is 5.97 Å². The van der Waals surface area contributed by atoms with Crippen LogP contribution in [0.4, 0.5) is 0 Å². The van der Waals surface area contributed by atoms with Crippen molar-refractivity contribution in [1.29, 1.82) is 0 Å². The molecular weight excluding hydrogens is 200 g/mol. The third-order valence-corrected chi connectivity index (χ3v) is 2.77. The SMILES string of the molecule is COC(=O)CC(CN)c1csc(C)n1. The van der Waals surface area contributed by atoms with Gasteiger partial charge in [-0.15, -0.1) is 11.3 Å². The summed E-state index contributed by atoms with van der Waals surface area (Å²) in [5.41, 5.74) is 6.46. The average Bonchev–Trinajstić information content (AvgIpc) is 2.60. The molecule has 4 nitrogen and oxygen atoms in total. The van der Waals surface area contributed by atoms with E-state index >= 15 is 0 Å². The van der Waals surface area contributed by atoms with Crippen LogP contribution in [-0.4, -0.2) is 24.6 Å². The molecule has 0 aliphatic rings. The molecule has 0 saturated carbocycles. The smallest absolute Gasteiger partial charge is 0.306 e. The van der Waals surface area contributed by atoms with Gasteiger partial charge in [0.15, 0.2) is 0 Å². The summed E-state index contributed by atoms with van der Waals surface area (Å²) in [7, 11) is 1.38. The lowest BCUT2D eigenvalue weighted by atomic mass is 10.0. The summed E-state index contributed by atoms with van der Waals surface area (Å²) < 4.78 is 4.59. The molecule has 1 atom stereocenters. The van der Waals surface area contributed by atoms with E-state index in [1.165, 1.54) is 7.11 Å². The minimum Gasteiger partial charge on any atom is -0.469 e. The second kappa shape index (κ2) is 5.07. The number of ether oxygens (including phenoxy) is 1. The van der Waals surface area contributed by atoms with Crippen molar-refractivity contribution in [1.82, 2.24) is 4.98 Å². The van der Waals surface area contributed by atoms with E-state index in [2.05, 4.69) is 9.72 Å². The summed E-state index contributed by atoms with van der Waals surface area (Å²) in [6, 6.07) is 0. The number of carbonyl (C=O) groups excluding carboxylic acids is 1. The number of aryl methyl sites for hydroxylation is 1. The number of nitrogens with zero attached hydrogens (tertiary/aromatic N) is 1. The average molecular weight is 214 g/mol. The highest BCUT2D eigenvalue weighted by molar-refractivity contribution is 7.09. The molecule has 1 aromatic heterocycles. The van der Waals surface area contributed by atoms with Crippen LogP contribution in [0.5, 0.6) is 0 Å². The summed E-state index contributed by atoms with van der Waals surface area (Å²) in [4.78, 5) is 15.4. The van der Waals surface area contributed by atoms with Crippen molar-refractivity contribution in [2.75, 3.05) is 13.7 Å². The van der Waals surface area contributed by atoms with Gasteiger partial charge in [0.25, 0.3) is 0 Å². The number of rotatable bonds is 4. The Morgan fingerprint density at radius 1 is 1.79 bits per heavy atom. The molecule has 1 unspecified atom stereocenters. The van der Waals surface area contributed by atoms with Gasteiger partial charge in [-0.2, -0.15) is 0 Å². The first-order valence-corrected chi connectivity index (χ1v) is 5.24. The van der Waals surface area contributed by atoms with Crippen LogP contribution in [0.25, 0.3) is 0 Å². The van der Waals surface area contributed by atoms with Crippen molar-refractivity contribution in [3.63, 3.8) is 0 Å². The van der Waals surface area contributed by atoms with E-state index in [1.54, 1.807) is 11.3 Å². The third-order valence-electron chi connectivity index (χ3n) is 1.98. The first kappa shape index (κ1) is 11.1. The Labute approximate surface area is 87.1 Å². The van der Waals surface area contributed by atoms with Crippen molar-refractivity contribution in [2.45, 2.75) is 19.3 Å². The fourth-order valence-corrected chi connectivity index (χ4v) is 1.86. The van der Waals surface area contributed by atoms with Gasteiger partial charge in [0.2, 0.25) is 0 Å². The maximum absolute atomic E-state index is 11.1. The van der Waals surface area contributed by atoms with Crippen molar-refractivity contribution < 1.29 is 9.53 Å². The first-order valence-electron chi connectivity index (χ1n) is 4.36. The molecule has 1 rings (SSSR count). The van der Waals surface area contributed by atoms with Crippen LogP contribution in [0.3, 0.4) is 0 Å². The lowest BCUT2D eigenvalue weighted by molar-refractivity contribution is -0.141. The van der Waals surface area contributed by atoms with Crippen molar-refractivity contribution in [3.8, 4) is 0 Å². The van der Waals surface area contributed by atoms with Gasteiger partial charge in [0.1, 0.15) is 0 Å². The van der Waals surface area contributed by atoms with Gasteiger partial charge in [0.05, 0.1) is 24.2 Å². The number of hydrogen-bond acceptors (Lipinski definition) is 5. The minimum absolute atomic E-state index is 0.0209. The van der Waals surface area contributed by atoms with E-state index in [0.29, 0.717) is 13.0 Å². The zero-order chi connectivity index (χ0) is 10.6. The molecule has 78 valence electrons. The molecular formula is C9H14N2O2S. The predicted molar refractivity (Wildman–Crippen MR) is 55.3 cm³/mol. The number of aromatic nitrogens is 1. The fraction of sp³-hybridized carbons (Fsp3) is 0.556. The maximum Gasteiger partial charge on any atom is 0.306 e. The Hall–Kier alpha value is -0.940.